The monoisotopic (exact) mass is 1050 g/mol. The lowest BCUT2D eigenvalue weighted by Gasteiger charge is -2.21. The topological polar surface area (TPSA) is 326 Å². The third-order valence-corrected chi connectivity index (χ3v) is 13.9. The molecule has 21 nitrogen and oxygen atoms in total. The van der Waals surface area contributed by atoms with E-state index in [1.54, 1.807) is 36.5 Å². The van der Waals surface area contributed by atoms with Gasteiger partial charge in [-0.3, -0.25) is 23.2 Å². The Morgan fingerprint density at radius 2 is 1.28 bits per heavy atom. The average molecular weight is 1050 g/mol. The minimum atomic E-state index is -5.51. The van der Waals surface area contributed by atoms with Crippen molar-refractivity contribution in [3.05, 3.63) is 71.4 Å². The van der Waals surface area contributed by atoms with Crippen LogP contribution in [0.5, 0.6) is 0 Å². The second kappa shape index (κ2) is 36.5. The first-order chi connectivity index (χ1) is 33.9. The van der Waals surface area contributed by atoms with E-state index < -0.39 is 102 Å². The number of carbonyl (C=O) groups is 2. The van der Waals surface area contributed by atoms with Gasteiger partial charge in [-0.15, -0.1) is 0 Å². The smallest absolute Gasteiger partial charge is 0.462 e. The highest BCUT2D eigenvalue weighted by Crippen LogP contribution is 2.60. The molecule has 1 aliphatic rings. The van der Waals surface area contributed by atoms with E-state index in [0.717, 1.165) is 55.7 Å². The van der Waals surface area contributed by atoms with Crippen molar-refractivity contribution >= 4 is 33.4 Å². The van der Waals surface area contributed by atoms with E-state index in [0.29, 0.717) is 12.8 Å². The molecule has 0 bridgehead atoms. The molecule has 0 amide bonds. The minimum absolute atomic E-state index is 0.0317. The van der Waals surface area contributed by atoms with E-state index in [4.69, 9.17) is 29.0 Å². The van der Waals surface area contributed by atoms with Crippen molar-refractivity contribution < 1.29 is 81.6 Å². The number of rotatable bonds is 40. The van der Waals surface area contributed by atoms with E-state index in [9.17, 15) is 58.8 Å². The highest BCUT2D eigenvalue weighted by Gasteiger charge is 2.46. The van der Waals surface area contributed by atoms with Gasteiger partial charge in [0.15, 0.2) is 12.3 Å². The number of phosphoric acid groups is 2. The number of hydrogen-bond acceptors (Lipinski definition) is 18. The predicted molar refractivity (Wildman–Crippen MR) is 265 cm³/mol. The van der Waals surface area contributed by atoms with Crippen molar-refractivity contribution in [3.63, 3.8) is 0 Å². The van der Waals surface area contributed by atoms with Crippen LogP contribution in [0, 0.1) is 0 Å². The Morgan fingerprint density at radius 3 is 1.90 bits per heavy atom. The Bertz CT molecular complexity index is 1930. The van der Waals surface area contributed by atoms with Crippen LogP contribution in [-0.2, 0) is 46.3 Å². The SMILES string of the molecule is CCCCCCCCCCCCCCCC(=O)OC[C@H](COP(=O)(O)OP(=O)(O)OC[C@H]1O[C@@H](n2ccc(N)nc2=O)[C@H](O)[C@@H]1O)OC(=O)CCC[C@H](O)[C@@H](O)/C=C/C=C/C=C\C=C\[C@@H](O)CCCCC. The lowest BCUT2D eigenvalue weighted by atomic mass is 10.0. The first-order valence-electron chi connectivity index (χ1n) is 25.0. The molecule has 1 saturated heterocycles. The molecule has 2 heterocycles. The number of anilines is 1. The van der Waals surface area contributed by atoms with Gasteiger partial charge < -0.3 is 55.3 Å². The maximum Gasteiger partial charge on any atom is 0.481 e. The van der Waals surface area contributed by atoms with E-state index in [-0.39, 0.29) is 31.5 Å². The Hall–Kier alpha value is -3.40. The molecule has 1 aliphatic heterocycles. The lowest BCUT2D eigenvalue weighted by Crippen LogP contribution is -2.36. The normalized spacial score (nSPS) is 20.9. The summed E-state index contributed by atoms with van der Waals surface area (Å²) in [4.78, 5) is 61.9. The molecule has 1 aromatic rings. The second-order valence-electron chi connectivity index (χ2n) is 17.5. The number of nitrogen functional groups attached to an aromatic ring is 1. The molecule has 0 aliphatic carbocycles. The number of unbranched alkanes of at least 4 members (excludes halogenated alkanes) is 14. The Balaban J connectivity index is 1.91. The number of nitrogens with two attached hydrogens (primary N) is 1. The molecule has 23 heteroatoms. The summed E-state index contributed by atoms with van der Waals surface area (Å²) in [6, 6.07) is 1.22. The summed E-state index contributed by atoms with van der Waals surface area (Å²) in [5.74, 6) is -1.65. The van der Waals surface area contributed by atoms with Gasteiger partial charge in [0.25, 0.3) is 0 Å². The van der Waals surface area contributed by atoms with Crippen LogP contribution in [0.1, 0.15) is 155 Å². The van der Waals surface area contributed by atoms with Crippen LogP contribution in [0.2, 0.25) is 0 Å². The number of ether oxygens (including phenoxy) is 3. The van der Waals surface area contributed by atoms with Gasteiger partial charge in [0, 0.05) is 19.0 Å². The summed E-state index contributed by atoms with van der Waals surface area (Å²) in [5.41, 5.74) is 4.55. The number of aliphatic hydroxyl groups excluding tert-OH is 5. The van der Waals surface area contributed by atoms with Crippen molar-refractivity contribution in [1.29, 1.82) is 0 Å². The first-order valence-corrected chi connectivity index (χ1v) is 28.0. The third kappa shape index (κ3) is 29.2. The highest BCUT2D eigenvalue weighted by molar-refractivity contribution is 7.61. The van der Waals surface area contributed by atoms with Crippen molar-refractivity contribution in [2.24, 2.45) is 0 Å². The van der Waals surface area contributed by atoms with Crippen molar-refractivity contribution in [2.75, 3.05) is 25.6 Å². The van der Waals surface area contributed by atoms with Crippen LogP contribution in [-0.4, -0.2) is 119 Å². The number of phosphoric ester groups is 2. The summed E-state index contributed by atoms with van der Waals surface area (Å²) in [7, 11) is -11.0. The van der Waals surface area contributed by atoms with Gasteiger partial charge >= 0.3 is 33.3 Å². The maximum atomic E-state index is 12.9. The molecule has 9 N–H and O–H groups in total. The van der Waals surface area contributed by atoms with Crippen LogP contribution in [0.25, 0.3) is 0 Å². The van der Waals surface area contributed by atoms with Crippen molar-refractivity contribution in [1.82, 2.24) is 9.55 Å². The van der Waals surface area contributed by atoms with Crippen molar-refractivity contribution in [2.45, 2.75) is 198 Å². The summed E-state index contributed by atoms with van der Waals surface area (Å²) >= 11 is 0. The average Bonchev–Trinajstić information content (AvgIpc) is 3.59. The third-order valence-electron chi connectivity index (χ3n) is 11.3. The molecule has 0 spiro atoms. The number of nitrogens with zero attached hydrogens (tertiary/aromatic N) is 2. The number of aromatic nitrogens is 2. The quantitative estimate of drug-likeness (QED) is 0.0147. The van der Waals surface area contributed by atoms with Gasteiger partial charge in [-0.1, -0.05) is 159 Å². The molecule has 2 unspecified atom stereocenters. The number of allylic oxidation sites excluding steroid dienone is 6. The number of hydrogen-bond donors (Lipinski definition) is 8. The molecule has 71 heavy (non-hydrogen) atoms. The fourth-order valence-electron chi connectivity index (χ4n) is 7.23. The standard InChI is InChI=1S/C48H81N3O18P2/c1-3-5-7-8-9-10-11-12-13-14-15-20-24-30-43(55)64-34-38(67-44(56)31-25-29-40(54)39(53)28-23-19-17-16-18-22-27-37(52)26-21-6-4-2)35-65-70(60,61)69-71(62,63)66-36-41-45(57)46(58)47(68-41)51-33-32-42(49)50-48(51)59/h16-19,22-23,27-28,32-33,37-41,45-47,52-54,57-58H,3-15,20-21,24-26,29-31,34-36H2,1-2H3,(H,60,61)(H,62,63)(H2,49,50,59)/b18-16-,19-17+,27-22+,28-23+/t37-,38+,39-,40-,41+,45+,46+,47+/m0/s1. The minimum Gasteiger partial charge on any atom is -0.462 e. The lowest BCUT2D eigenvalue weighted by molar-refractivity contribution is -0.161. The fourth-order valence-corrected chi connectivity index (χ4v) is 9.34. The Labute approximate surface area is 418 Å². The molecule has 2 rings (SSSR count). The summed E-state index contributed by atoms with van der Waals surface area (Å²) < 4.78 is 56.4. The second-order valence-corrected chi connectivity index (χ2v) is 20.6. The molecule has 10 atom stereocenters. The predicted octanol–water partition coefficient (Wildman–Crippen LogP) is 6.69. The molecule has 0 radical (unpaired) electrons. The molecule has 0 saturated carbocycles. The van der Waals surface area contributed by atoms with E-state index in [1.807, 2.05) is 0 Å². The van der Waals surface area contributed by atoms with Crippen LogP contribution in [0.15, 0.2) is 65.7 Å². The zero-order valence-corrected chi connectivity index (χ0v) is 43.1. The van der Waals surface area contributed by atoms with Gasteiger partial charge in [-0.25, -0.2) is 13.9 Å². The first kappa shape index (κ1) is 63.7. The van der Waals surface area contributed by atoms with Crippen LogP contribution >= 0.6 is 15.6 Å². The van der Waals surface area contributed by atoms with Crippen LogP contribution < -0.4 is 11.4 Å². The summed E-state index contributed by atoms with van der Waals surface area (Å²) in [6.45, 7) is 1.71. The highest BCUT2D eigenvalue weighted by atomic mass is 31.3. The zero-order chi connectivity index (χ0) is 52.5. The molecule has 1 fully saturated rings. The largest absolute Gasteiger partial charge is 0.481 e. The van der Waals surface area contributed by atoms with E-state index in [1.165, 1.54) is 69.6 Å². The number of aliphatic hydroxyl groups is 5. The Kier molecular flexibility index (Phi) is 32.8. The molecular formula is C48H81N3O18P2. The van der Waals surface area contributed by atoms with Gasteiger partial charge in [0.05, 0.1) is 31.5 Å². The zero-order valence-electron chi connectivity index (χ0n) is 41.4. The maximum absolute atomic E-state index is 12.9. The molecule has 0 aromatic carbocycles. The van der Waals surface area contributed by atoms with E-state index >= 15 is 0 Å². The summed E-state index contributed by atoms with van der Waals surface area (Å²) in [6.07, 6.45) is 21.2. The van der Waals surface area contributed by atoms with Gasteiger partial charge in [-0.05, 0) is 31.7 Å². The molecular weight excluding hydrogens is 968 g/mol. The van der Waals surface area contributed by atoms with Crippen LogP contribution in [0.3, 0.4) is 0 Å². The molecule has 1 aromatic heterocycles. The summed E-state index contributed by atoms with van der Waals surface area (Å²) in [5, 5.41) is 51.6. The van der Waals surface area contributed by atoms with Gasteiger partial charge in [-0.2, -0.15) is 9.29 Å². The number of esters is 2. The van der Waals surface area contributed by atoms with Crippen molar-refractivity contribution in [3.8, 4) is 0 Å². The van der Waals surface area contributed by atoms with Gasteiger partial charge in [0.1, 0.15) is 30.7 Å². The fraction of sp³-hybridized carbons (Fsp3) is 0.708. The Morgan fingerprint density at radius 1 is 0.732 bits per heavy atom. The van der Waals surface area contributed by atoms with Crippen LogP contribution in [0.4, 0.5) is 5.82 Å². The van der Waals surface area contributed by atoms with Gasteiger partial charge in [0.2, 0.25) is 0 Å². The number of carbonyl (C=O) groups excluding carboxylic acids is 2. The van der Waals surface area contributed by atoms with E-state index in [2.05, 4.69) is 23.1 Å². The molecule has 406 valence electrons.